The van der Waals surface area contributed by atoms with E-state index in [1.807, 2.05) is 0 Å². The Bertz CT molecular complexity index is 282. The third-order valence-electron chi connectivity index (χ3n) is 1.58. The Balaban J connectivity index is 2.44. The molecule has 1 aromatic rings. The Hall–Kier alpha value is -0.620. The molecule has 0 spiro atoms. The maximum atomic E-state index is 11.9. The molecule has 2 nitrogen and oxygen atoms in total. The number of halogens is 3. The predicted octanol–water partition coefficient (Wildman–Crippen LogP) is 2.36. The van der Waals surface area contributed by atoms with Crippen LogP contribution in [0.2, 0.25) is 0 Å². The van der Waals surface area contributed by atoms with Crippen molar-refractivity contribution < 1.29 is 13.2 Å². The van der Waals surface area contributed by atoms with Gasteiger partial charge in [-0.15, -0.1) is 11.3 Å². The first-order chi connectivity index (χ1) is 6.51. The van der Waals surface area contributed by atoms with E-state index in [2.05, 4.69) is 10.3 Å². The van der Waals surface area contributed by atoms with Crippen molar-refractivity contribution in [2.45, 2.75) is 25.6 Å². The molecule has 0 aliphatic carbocycles. The van der Waals surface area contributed by atoms with Crippen LogP contribution in [0.4, 0.5) is 13.2 Å². The van der Waals surface area contributed by atoms with Gasteiger partial charge < -0.3 is 5.32 Å². The molecule has 0 amide bonds. The maximum absolute atomic E-state index is 11.9. The summed E-state index contributed by atoms with van der Waals surface area (Å²) in [6, 6.07) is 0. The van der Waals surface area contributed by atoms with E-state index in [0.717, 1.165) is 5.69 Å². The molecule has 0 aliphatic rings. The summed E-state index contributed by atoms with van der Waals surface area (Å²) in [5.74, 6) is 0. The van der Waals surface area contributed by atoms with Crippen LogP contribution in [0.1, 0.15) is 17.1 Å². The summed E-state index contributed by atoms with van der Waals surface area (Å²) in [7, 11) is 1.77. The summed E-state index contributed by atoms with van der Waals surface area (Å²) in [6.45, 7) is 0.600. The van der Waals surface area contributed by atoms with E-state index < -0.39 is 12.6 Å². The summed E-state index contributed by atoms with van der Waals surface area (Å²) in [4.78, 5) is 4.06. The van der Waals surface area contributed by atoms with Crippen LogP contribution in [-0.2, 0) is 13.0 Å². The van der Waals surface area contributed by atoms with E-state index in [9.17, 15) is 13.2 Å². The number of hydrogen-bond donors (Lipinski definition) is 1. The number of aromatic nitrogens is 1. The molecule has 1 aromatic heterocycles. The van der Waals surface area contributed by atoms with Crippen LogP contribution < -0.4 is 5.32 Å². The number of aryl methyl sites for hydroxylation is 1. The first kappa shape index (κ1) is 11.5. The zero-order valence-corrected chi connectivity index (χ0v) is 8.50. The monoisotopic (exact) mass is 224 g/mol. The van der Waals surface area contributed by atoms with E-state index in [1.54, 1.807) is 12.4 Å². The molecule has 1 N–H and O–H groups in total. The highest BCUT2D eigenvalue weighted by molar-refractivity contribution is 7.09. The Morgan fingerprint density at radius 2 is 2.21 bits per heavy atom. The van der Waals surface area contributed by atoms with Gasteiger partial charge in [-0.25, -0.2) is 4.98 Å². The zero-order chi connectivity index (χ0) is 10.6. The SMILES string of the molecule is CNCc1csc(CCC(F)(F)F)n1. The lowest BCUT2D eigenvalue weighted by Gasteiger charge is -2.02. The van der Waals surface area contributed by atoms with Gasteiger partial charge in [-0.3, -0.25) is 0 Å². The van der Waals surface area contributed by atoms with Crippen LogP contribution in [-0.4, -0.2) is 18.2 Å². The second-order valence-corrected chi connectivity index (χ2v) is 3.82. The highest BCUT2D eigenvalue weighted by atomic mass is 32.1. The molecule has 0 aromatic carbocycles. The number of thiazole rings is 1. The Labute approximate surface area is 84.2 Å². The van der Waals surface area contributed by atoms with Crippen LogP contribution in [0.5, 0.6) is 0 Å². The summed E-state index contributed by atoms with van der Waals surface area (Å²) in [5.41, 5.74) is 0.801. The van der Waals surface area contributed by atoms with Gasteiger partial charge in [0.2, 0.25) is 0 Å². The summed E-state index contributed by atoms with van der Waals surface area (Å²) in [5, 5.41) is 5.22. The average Bonchev–Trinajstić information content (AvgIpc) is 2.49. The predicted molar refractivity (Wildman–Crippen MR) is 49.3 cm³/mol. The second kappa shape index (κ2) is 4.75. The van der Waals surface area contributed by atoms with Crippen molar-refractivity contribution in [2.75, 3.05) is 7.05 Å². The van der Waals surface area contributed by atoms with Crippen LogP contribution in [0.15, 0.2) is 5.38 Å². The Kier molecular flexibility index (Phi) is 3.88. The molecule has 0 atom stereocenters. The van der Waals surface area contributed by atoms with Gasteiger partial charge in [0.05, 0.1) is 10.7 Å². The minimum Gasteiger partial charge on any atom is -0.314 e. The molecule has 0 unspecified atom stereocenters. The molecule has 0 aliphatic heterocycles. The molecule has 6 heteroatoms. The first-order valence-corrected chi connectivity index (χ1v) is 5.04. The Morgan fingerprint density at radius 3 is 2.79 bits per heavy atom. The number of nitrogens with zero attached hydrogens (tertiary/aromatic N) is 1. The highest BCUT2D eigenvalue weighted by Crippen LogP contribution is 2.23. The number of rotatable bonds is 4. The summed E-state index contributed by atoms with van der Waals surface area (Å²) < 4.78 is 35.6. The number of alkyl halides is 3. The van der Waals surface area contributed by atoms with Gasteiger partial charge in [-0.1, -0.05) is 0 Å². The molecule has 0 bridgehead atoms. The highest BCUT2D eigenvalue weighted by Gasteiger charge is 2.26. The third-order valence-corrected chi connectivity index (χ3v) is 2.54. The van der Waals surface area contributed by atoms with Crippen molar-refractivity contribution in [1.29, 1.82) is 0 Å². The molecule has 1 heterocycles. The fraction of sp³-hybridized carbons (Fsp3) is 0.625. The van der Waals surface area contributed by atoms with Gasteiger partial charge in [0.1, 0.15) is 0 Å². The van der Waals surface area contributed by atoms with E-state index in [4.69, 9.17) is 0 Å². The van der Waals surface area contributed by atoms with Crippen LogP contribution in [0.3, 0.4) is 0 Å². The molecule has 1 rings (SSSR count). The van der Waals surface area contributed by atoms with Gasteiger partial charge in [-0.05, 0) is 7.05 Å². The van der Waals surface area contributed by atoms with E-state index in [1.165, 1.54) is 11.3 Å². The molecular formula is C8H11F3N2S. The minimum absolute atomic E-state index is 0.0160. The summed E-state index contributed by atoms with van der Waals surface area (Å²) >= 11 is 1.28. The fourth-order valence-corrected chi connectivity index (χ4v) is 1.77. The van der Waals surface area contributed by atoms with Crippen molar-refractivity contribution in [2.24, 2.45) is 0 Å². The molecule has 14 heavy (non-hydrogen) atoms. The van der Waals surface area contributed by atoms with E-state index in [-0.39, 0.29) is 6.42 Å². The van der Waals surface area contributed by atoms with Crippen LogP contribution in [0.25, 0.3) is 0 Å². The Morgan fingerprint density at radius 1 is 1.50 bits per heavy atom. The lowest BCUT2D eigenvalue weighted by Crippen LogP contribution is -2.09. The van der Waals surface area contributed by atoms with Crippen LogP contribution in [0, 0.1) is 0 Å². The van der Waals surface area contributed by atoms with Gasteiger partial charge in [0.15, 0.2) is 0 Å². The van der Waals surface area contributed by atoms with Gasteiger partial charge in [-0.2, -0.15) is 13.2 Å². The zero-order valence-electron chi connectivity index (χ0n) is 7.69. The molecule has 0 fully saturated rings. The topological polar surface area (TPSA) is 24.9 Å². The number of nitrogens with one attached hydrogen (secondary N) is 1. The lowest BCUT2D eigenvalue weighted by atomic mass is 10.3. The van der Waals surface area contributed by atoms with Gasteiger partial charge >= 0.3 is 6.18 Å². The lowest BCUT2D eigenvalue weighted by molar-refractivity contribution is -0.134. The normalized spacial score (nSPS) is 12.0. The first-order valence-electron chi connectivity index (χ1n) is 4.16. The summed E-state index contributed by atoms with van der Waals surface area (Å²) in [6.07, 6.45) is -4.90. The fourth-order valence-electron chi connectivity index (χ4n) is 0.975. The van der Waals surface area contributed by atoms with Crippen molar-refractivity contribution in [1.82, 2.24) is 10.3 Å². The molecular weight excluding hydrogens is 213 g/mol. The van der Waals surface area contributed by atoms with Gasteiger partial charge in [0, 0.05) is 24.8 Å². The molecule has 0 saturated carbocycles. The van der Waals surface area contributed by atoms with Crippen molar-refractivity contribution in [3.05, 3.63) is 16.1 Å². The number of hydrogen-bond acceptors (Lipinski definition) is 3. The molecule has 0 radical (unpaired) electrons. The standard InChI is InChI=1S/C8H11F3N2S/c1-12-4-6-5-14-7(13-6)2-3-8(9,10)11/h5,12H,2-4H2,1H3. The third kappa shape index (κ3) is 4.06. The molecule has 0 saturated heterocycles. The molecule has 80 valence electrons. The quantitative estimate of drug-likeness (QED) is 0.849. The van der Waals surface area contributed by atoms with Crippen molar-refractivity contribution >= 4 is 11.3 Å². The largest absolute Gasteiger partial charge is 0.389 e. The maximum Gasteiger partial charge on any atom is 0.389 e. The minimum atomic E-state index is -4.09. The van der Waals surface area contributed by atoms with E-state index in [0.29, 0.717) is 11.6 Å². The van der Waals surface area contributed by atoms with E-state index >= 15 is 0 Å². The second-order valence-electron chi connectivity index (χ2n) is 2.88. The van der Waals surface area contributed by atoms with Crippen molar-refractivity contribution in [3.63, 3.8) is 0 Å². The van der Waals surface area contributed by atoms with Crippen LogP contribution >= 0.6 is 11.3 Å². The van der Waals surface area contributed by atoms with Crippen molar-refractivity contribution in [3.8, 4) is 0 Å². The smallest absolute Gasteiger partial charge is 0.314 e. The van der Waals surface area contributed by atoms with Gasteiger partial charge in [0.25, 0.3) is 0 Å². The average molecular weight is 224 g/mol.